The second-order valence-electron chi connectivity index (χ2n) is 13.1. The zero-order chi connectivity index (χ0) is 46.9. The molecule has 0 bridgehead atoms. The molecule has 2 aromatic carbocycles. The van der Waals surface area contributed by atoms with Gasteiger partial charge in [-0.15, -0.1) is 17.8 Å². The summed E-state index contributed by atoms with van der Waals surface area (Å²) in [5, 5.41) is 22.2. The molecule has 0 saturated heterocycles. The molecule has 1 atom stereocenters. The summed E-state index contributed by atoms with van der Waals surface area (Å²) in [6, 6.07) is 8.96. The summed E-state index contributed by atoms with van der Waals surface area (Å²) in [6.45, 7) is 2.76. The van der Waals surface area contributed by atoms with E-state index in [2.05, 4.69) is 31.2 Å². The van der Waals surface area contributed by atoms with Gasteiger partial charge in [0.15, 0.2) is 12.7 Å². The van der Waals surface area contributed by atoms with Crippen LogP contribution in [0.5, 0.6) is 17.5 Å². The predicted octanol–water partition coefficient (Wildman–Crippen LogP) is 6.43. The number of thiophene rings is 1. The molecule has 0 saturated carbocycles. The molecule has 4 amide bonds. The normalized spacial score (nSPS) is 13.6. The Morgan fingerprint density at radius 3 is 2.33 bits per heavy atom. The van der Waals surface area contributed by atoms with Crippen molar-refractivity contribution in [3.8, 4) is 29.9 Å². The number of urea groups is 1. The van der Waals surface area contributed by atoms with Gasteiger partial charge >= 0.3 is 24.0 Å². The van der Waals surface area contributed by atoms with Crippen molar-refractivity contribution in [2.45, 2.75) is 50.5 Å². The van der Waals surface area contributed by atoms with E-state index in [0.717, 1.165) is 46.6 Å². The molecular weight excluding hydrogens is 925 g/mol. The van der Waals surface area contributed by atoms with Crippen LogP contribution in [0.15, 0.2) is 70.1 Å². The number of aliphatic carboxylic acids is 1. The van der Waals surface area contributed by atoms with E-state index in [0.29, 0.717) is 40.3 Å². The van der Waals surface area contributed by atoms with E-state index < -0.39 is 68.1 Å². The number of carboxylic acid groups (broad SMARTS) is 2. The monoisotopic (exact) mass is 957 g/mol. The van der Waals surface area contributed by atoms with Gasteiger partial charge in [-0.3, -0.25) is 19.9 Å². The largest absolute Gasteiger partial charge is 0.480 e. The van der Waals surface area contributed by atoms with Crippen LogP contribution in [-0.2, 0) is 24.4 Å². The standard InChI is InChI=1S/C18H15ClFNO3.C11H8ClNO3.C11H11N5O6S2/c1-3-10(2)24-16-9-15(14(20)8-13(16)19)21-17(22)11-6-4-5-7-12(11)18(21)23;12-8-3-4-9(16-6-10(14)15)11-7(8)2-1-5-13-11;1-5-12-9(15-11(13-5)22-2)14-10(19)16-24(20,21)6-3-4-23-7(6)8(17)18/h1,8-10H,4-7H2,2H3;1-5H,6H2,(H,14,15);3-4H,1-2H3,(H,17,18)(H2,12,13,14,15,16,19). The molecule has 334 valence electrons. The number of aromatic carboxylic acids is 1. The van der Waals surface area contributed by atoms with Crippen LogP contribution >= 0.6 is 34.5 Å². The molecule has 2 aliphatic rings. The van der Waals surface area contributed by atoms with Gasteiger partial charge < -0.3 is 24.4 Å². The van der Waals surface area contributed by atoms with E-state index in [9.17, 15) is 36.8 Å². The van der Waals surface area contributed by atoms with Gasteiger partial charge in [0.2, 0.25) is 5.95 Å². The number of fused-ring (bicyclic) bond motifs is 1. The van der Waals surface area contributed by atoms with Crippen LogP contribution in [0.3, 0.4) is 0 Å². The molecule has 1 unspecified atom stereocenters. The Balaban J connectivity index is 0.000000185. The summed E-state index contributed by atoms with van der Waals surface area (Å²) in [4.78, 5) is 73.7. The molecule has 24 heteroatoms. The molecule has 1 aliphatic carbocycles. The minimum absolute atomic E-state index is 0.0233. The van der Waals surface area contributed by atoms with E-state index in [1.54, 1.807) is 42.1 Å². The van der Waals surface area contributed by atoms with Crippen molar-refractivity contribution in [1.29, 1.82) is 0 Å². The van der Waals surface area contributed by atoms with E-state index in [4.69, 9.17) is 54.0 Å². The first-order valence-electron chi connectivity index (χ1n) is 18.4. The first-order valence-corrected chi connectivity index (χ1v) is 21.5. The van der Waals surface area contributed by atoms with Gasteiger partial charge in [0, 0.05) is 28.8 Å². The van der Waals surface area contributed by atoms with E-state index in [1.165, 1.54) is 25.5 Å². The number of sulfonamides is 1. The van der Waals surface area contributed by atoms with Crippen LogP contribution in [-0.4, -0.2) is 88.2 Å². The van der Waals surface area contributed by atoms with Gasteiger partial charge in [-0.1, -0.05) is 29.1 Å². The minimum Gasteiger partial charge on any atom is -0.480 e. The number of aromatic nitrogens is 4. The van der Waals surface area contributed by atoms with Crippen LogP contribution < -0.4 is 29.1 Å². The predicted molar refractivity (Wildman–Crippen MR) is 230 cm³/mol. The first kappa shape index (κ1) is 48.1. The fourth-order valence-corrected chi connectivity index (χ4v) is 8.48. The highest BCUT2D eigenvalue weighted by molar-refractivity contribution is 7.90. The van der Waals surface area contributed by atoms with Gasteiger partial charge in [-0.25, -0.2) is 36.8 Å². The number of hydrogen-bond donors (Lipinski definition) is 4. The summed E-state index contributed by atoms with van der Waals surface area (Å²) in [7, 11) is -3.06. The molecule has 0 spiro atoms. The maximum atomic E-state index is 14.4. The number of carboxylic acids is 2. The van der Waals surface area contributed by atoms with Gasteiger partial charge in [-0.2, -0.15) is 15.0 Å². The van der Waals surface area contributed by atoms with Gasteiger partial charge in [0.05, 0.1) is 22.8 Å². The van der Waals surface area contributed by atoms with Crippen molar-refractivity contribution in [2.24, 2.45) is 0 Å². The Bertz CT molecular complexity index is 2830. The van der Waals surface area contributed by atoms with E-state index >= 15 is 0 Å². The number of rotatable bonds is 11. The molecule has 3 aromatic heterocycles. The Kier molecular flexibility index (Phi) is 15.8. The summed E-state index contributed by atoms with van der Waals surface area (Å²) in [5.74, 6) is -1.20. The van der Waals surface area contributed by atoms with Crippen molar-refractivity contribution in [3.05, 3.63) is 91.8 Å². The molecule has 4 N–H and O–H groups in total. The van der Waals surface area contributed by atoms with Gasteiger partial charge in [-0.05, 0) is 81.3 Å². The Morgan fingerprint density at radius 1 is 1.02 bits per heavy atom. The van der Waals surface area contributed by atoms with Crippen LogP contribution in [0.1, 0.15) is 48.1 Å². The molecular formula is C40H34Cl2FN7O12S2. The highest BCUT2D eigenvalue weighted by atomic mass is 35.5. The van der Waals surface area contributed by atoms with Crippen molar-refractivity contribution in [2.75, 3.05) is 23.9 Å². The number of nitrogens with one attached hydrogen (secondary N) is 2. The Hall–Kier alpha value is -6.93. The lowest BCUT2D eigenvalue weighted by atomic mass is 9.93. The Labute approximate surface area is 377 Å². The average molecular weight is 959 g/mol. The van der Waals surface area contributed by atoms with Crippen LogP contribution in [0.4, 0.5) is 20.8 Å². The number of methoxy groups -OCH3 is 1. The van der Waals surface area contributed by atoms with Crippen molar-refractivity contribution in [1.82, 2.24) is 24.7 Å². The third-order valence-electron chi connectivity index (χ3n) is 8.68. The molecule has 7 rings (SSSR count). The number of ether oxygens (including phenoxy) is 3. The quantitative estimate of drug-likeness (QED) is 0.0820. The minimum atomic E-state index is -4.37. The number of carbonyl (C=O) groups is 5. The van der Waals surface area contributed by atoms with Crippen molar-refractivity contribution < 1.29 is 61.2 Å². The third-order valence-corrected chi connectivity index (χ3v) is 11.7. The summed E-state index contributed by atoms with van der Waals surface area (Å²) < 4.78 is 55.6. The number of pyridine rings is 1. The number of benzene rings is 2. The average Bonchev–Trinajstić information content (AvgIpc) is 3.86. The summed E-state index contributed by atoms with van der Waals surface area (Å²) >= 11 is 12.7. The fraction of sp³-hybridized carbons (Fsp3) is 0.225. The number of anilines is 2. The number of imide groups is 1. The fourth-order valence-electron chi connectivity index (χ4n) is 5.90. The number of nitrogens with zero attached hydrogens (tertiary/aromatic N) is 5. The summed E-state index contributed by atoms with van der Waals surface area (Å²) in [5.41, 5.74) is 1.37. The smallest absolute Gasteiger partial charge is 0.347 e. The number of terminal acetylenes is 1. The molecule has 0 fully saturated rings. The van der Waals surface area contributed by atoms with Crippen molar-refractivity contribution >= 4 is 96.9 Å². The van der Waals surface area contributed by atoms with E-state index in [1.807, 2.05) is 0 Å². The molecule has 1 aliphatic heterocycles. The van der Waals surface area contributed by atoms with Crippen LogP contribution in [0.25, 0.3) is 10.9 Å². The molecule has 19 nitrogen and oxygen atoms in total. The molecule has 4 heterocycles. The number of aryl methyl sites for hydroxylation is 1. The Morgan fingerprint density at radius 2 is 1.70 bits per heavy atom. The maximum absolute atomic E-state index is 14.4. The lowest BCUT2D eigenvalue weighted by molar-refractivity contribution is -0.139. The van der Waals surface area contributed by atoms with Gasteiger partial charge in [0.1, 0.15) is 38.4 Å². The molecule has 5 aromatic rings. The van der Waals surface area contributed by atoms with Crippen molar-refractivity contribution in [3.63, 3.8) is 0 Å². The maximum Gasteiger partial charge on any atom is 0.347 e. The SMILES string of the molecule is C#CC(C)Oc1cc(N2C(=O)C3=C(CCCC3)C2=O)c(F)cc1Cl.COc1nc(C)nc(NC(=O)NS(=O)(=O)c2ccsc2C(=O)O)n1.O=C(O)COc1ccc(Cl)c2cccnc12. The molecule has 0 radical (unpaired) electrons. The number of amides is 4. The van der Waals surface area contributed by atoms with E-state index in [-0.39, 0.29) is 34.2 Å². The second-order valence-corrected chi connectivity index (χ2v) is 16.5. The summed E-state index contributed by atoms with van der Waals surface area (Å²) in [6.07, 6.45) is 9.07. The lowest BCUT2D eigenvalue weighted by Crippen LogP contribution is -2.35. The second kappa shape index (κ2) is 21.0. The third kappa shape index (κ3) is 11.5. The zero-order valence-corrected chi connectivity index (χ0v) is 36.7. The molecule has 64 heavy (non-hydrogen) atoms. The zero-order valence-electron chi connectivity index (χ0n) is 33.5. The highest BCUT2D eigenvalue weighted by Crippen LogP contribution is 2.40. The lowest BCUT2D eigenvalue weighted by Gasteiger charge is -2.19. The number of halogens is 3. The van der Waals surface area contributed by atoms with Gasteiger partial charge in [0.25, 0.3) is 21.8 Å². The topological polar surface area (TPSA) is 266 Å². The van der Waals surface area contributed by atoms with Crippen LogP contribution in [0.2, 0.25) is 10.0 Å². The number of carbonyl (C=O) groups excluding carboxylic acids is 3. The number of hydrogen-bond acceptors (Lipinski definition) is 15. The highest BCUT2D eigenvalue weighted by Gasteiger charge is 2.41. The van der Waals surface area contributed by atoms with Crippen LogP contribution in [0, 0.1) is 25.1 Å². The first-order chi connectivity index (χ1) is 30.3.